The summed E-state index contributed by atoms with van der Waals surface area (Å²) in [6.07, 6.45) is 1.16. The third-order valence-electron chi connectivity index (χ3n) is 3.94. The minimum atomic E-state index is 0.410. The maximum atomic E-state index is 5.90. The molecule has 1 atom stereocenters. The largest absolute Gasteiger partial charge is 0.495 e. The molecule has 0 saturated carbocycles. The van der Waals surface area contributed by atoms with Gasteiger partial charge in [-0.3, -0.25) is 0 Å². The van der Waals surface area contributed by atoms with Crippen LogP contribution in [-0.4, -0.2) is 51.3 Å². The first-order valence-electron chi connectivity index (χ1n) is 6.95. The van der Waals surface area contributed by atoms with Crippen molar-refractivity contribution in [3.63, 3.8) is 0 Å². The number of methoxy groups -OCH3 is 1. The molecule has 1 aromatic rings. The Labute approximate surface area is 116 Å². The minimum absolute atomic E-state index is 0.410. The molecule has 106 valence electrons. The van der Waals surface area contributed by atoms with Crippen LogP contribution < -0.4 is 15.4 Å². The highest BCUT2D eigenvalue weighted by atomic mass is 16.5. The standard InChI is InChI=1S/C15H25N3O/c1-12-5-6-15(19-3)14(9-12)18-8-4-7-17(2)13(10-16)11-18/h5-6,9,13H,4,7-8,10-11,16H2,1-3H3. The van der Waals surface area contributed by atoms with Gasteiger partial charge in [-0.25, -0.2) is 0 Å². The van der Waals surface area contributed by atoms with Crippen molar-refractivity contribution in [1.29, 1.82) is 0 Å². The molecule has 0 spiro atoms. The fraction of sp³-hybridized carbons (Fsp3) is 0.600. The first-order chi connectivity index (χ1) is 9.15. The zero-order valence-corrected chi connectivity index (χ0v) is 12.2. The number of rotatable bonds is 3. The zero-order valence-electron chi connectivity index (χ0n) is 12.2. The molecule has 1 fully saturated rings. The molecule has 1 aliphatic rings. The van der Waals surface area contributed by atoms with Gasteiger partial charge < -0.3 is 20.3 Å². The number of nitrogens with zero attached hydrogens (tertiary/aromatic N) is 2. The number of hydrogen-bond donors (Lipinski definition) is 1. The van der Waals surface area contributed by atoms with E-state index in [1.54, 1.807) is 7.11 Å². The number of nitrogens with two attached hydrogens (primary N) is 1. The number of ether oxygens (including phenoxy) is 1. The topological polar surface area (TPSA) is 41.7 Å². The average Bonchev–Trinajstić information content (AvgIpc) is 2.60. The van der Waals surface area contributed by atoms with Gasteiger partial charge in [0.05, 0.1) is 12.8 Å². The van der Waals surface area contributed by atoms with E-state index in [-0.39, 0.29) is 0 Å². The van der Waals surface area contributed by atoms with Crippen LogP contribution in [-0.2, 0) is 0 Å². The molecule has 0 amide bonds. The Kier molecular flexibility index (Phi) is 4.66. The van der Waals surface area contributed by atoms with E-state index in [2.05, 4.69) is 42.0 Å². The van der Waals surface area contributed by atoms with E-state index in [1.165, 1.54) is 11.3 Å². The fourth-order valence-electron chi connectivity index (χ4n) is 2.70. The summed E-state index contributed by atoms with van der Waals surface area (Å²) in [4.78, 5) is 4.77. The fourth-order valence-corrected chi connectivity index (χ4v) is 2.70. The second-order valence-electron chi connectivity index (χ2n) is 5.35. The number of anilines is 1. The van der Waals surface area contributed by atoms with E-state index in [0.717, 1.165) is 31.8 Å². The third kappa shape index (κ3) is 3.19. The molecule has 0 aliphatic carbocycles. The van der Waals surface area contributed by atoms with Crippen molar-refractivity contribution in [2.45, 2.75) is 19.4 Å². The van der Waals surface area contributed by atoms with Crippen LogP contribution in [0.1, 0.15) is 12.0 Å². The van der Waals surface area contributed by atoms with Gasteiger partial charge in [0.1, 0.15) is 5.75 Å². The lowest BCUT2D eigenvalue weighted by atomic mass is 10.1. The van der Waals surface area contributed by atoms with Gasteiger partial charge in [-0.05, 0) is 44.6 Å². The van der Waals surface area contributed by atoms with Crippen LogP contribution in [0, 0.1) is 6.92 Å². The van der Waals surface area contributed by atoms with E-state index in [9.17, 15) is 0 Å². The maximum absolute atomic E-state index is 5.90. The molecular weight excluding hydrogens is 238 g/mol. The Morgan fingerprint density at radius 3 is 2.84 bits per heavy atom. The van der Waals surface area contributed by atoms with Gasteiger partial charge in [0.15, 0.2) is 0 Å². The molecule has 0 radical (unpaired) electrons. The second kappa shape index (κ2) is 6.26. The molecule has 4 heteroatoms. The van der Waals surface area contributed by atoms with Gasteiger partial charge in [0.2, 0.25) is 0 Å². The molecular formula is C15H25N3O. The molecule has 0 aromatic heterocycles. The zero-order chi connectivity index (χ0) is 13.8. The Morgan fingerprint density at radius 2 is 2.16 bits per heavy atom. The van der Waals surface area contributed by atoms with Crippen LogP contribution in [0.25, 0.3) is 0 Å². The molecule has 19 heavy (non-hydrogen) atoms. The highest BCUT2D eigenvalue weighted by Crippen LogP contribution is 2.30. The highest BCUT2D eigenvalue weighted by molar-refractivity contribution is 5.60. The lowest BCUT2D eigenvalue weighted by molar-refractivity contribution is 0.266. The van der Waals surface area contributed by atoms with E-state index in [4.69, 9.17) is 10.5 Å². The van der Waals surface area contributed by atoms with Crippen LogP contribution in [0.15, 0.2) is 18.2 Å². The van der Waals surface area contributed by atoms with E-state index in [1.807, 2.05) is 0 Å². The summed E-state index contributed by atoms with van der Waals surface area (Å²) in [7, 11) is 3.90. The summed E-state index contributed by atoms with van der Waals surface area (Å²) in [6, 6.07) is 6.76. The summed E-state index contributed by atoms with van der Waals surface area (Å²) in [6.45, 7) is 5.94. The van der Waals surface area contributed by atoms with Crippen LogP contribution >= 0.6 is 0 Å². The number of aryl methyl sites for hydroxylation is 1. The molecule has 1 saturated heterocycles. The van der Waals surface area contributed by atoms with Crippen molar-refractivity contribution in [1.82, 2.24) is 4.90 Å². The predicted octanol–water partition coefficient (Wildman–Crippen LogP) is 1.47. The molecule has 2 N–H and O–H groups in total. The van der Waals surface area contributed by atoms with E-state index >= 15 is 0 Å². The second-order valence-corrected chi connectivity index (χ2v) is 5.35. The monoisotopic (exact) mass is 263 g/mol. The maximum Gasteiger partial charge on any atom is 0.142 e. The molecule has 0 bridgehead atoms. The smallest absolute Gasteiger partial charge is 0.142 e. The van der Waals surface area contributed by atoms with Crippen molar-refractivity contribution in [3.8, 4) is 5.75 Å². The number of likely N-dealkylation sites (N-methyl/N-ethyl adjacent to an activating group) is 1. The van der Waals surface area contributed by atoms with Crippen molar-refractivity contribution in [2.75, 3.05) is 45.2 Å². The predicted molar refractivity (Wildman–Crippen MR) is 80.0 cm³/mol. The van der Waals surface area contributed by atoms with Crippen LogP contribution in [0.3, 0.4) is 0 Å². The highest BCUT2D eigenvalue weighted by Gasteiger charge is 2.23. The molecule has 2 rings (SSSR count). The summed E-state index contributed by atoms with van der Waals surface area (Å²) in [5, 5.41) is 0. The quantitative estimate of drug-likeness (QED) is 0.897. The van der Waals surface area contributed by atoms with Gasteiger partial charge in [-0.15, -0.1) is 0 Å². The van der Waals surface area contributed by atoms with Crippen LogP contribution in [0.2, 0.25) is 0 Å². The summed E-state index contributed by atoms with van der Waals surface area (Å²) >= 11 is 0. The Bertz CT molecular complexity index is 422. The van der Waals surface area contributed by atoms with Gasteiger partial charge in [-0.1, -0.05) is 6.07 Å². The van der Waals surface area contributed by atoms with Gasteiger partial charge in [-0.2, -0.15) is 0 Å². The molecule has 1 aliphatic heterocycles. The van der Waals surface area contributed by atoms with Gasteiger partial charge >= 0.3 is 0 Å². The first-order valence-corrected chi connectivity index (χ1v) is 6.95. The van der Waals surface area contributed by atoms with Crippen LogP contribution in [0.4, 0.5) is 5.69 Å². The van der Waals surface area contributed by atoms with Gasteiger partial charge in [0.25, 0.3) is 0 Å². The summed E-state index contributed by atoms with van der Waals surface area (Å²) in [5.41, 5.74) is 8.36. The van der Waals surface area contributed by atoms with Crippen molar-refractivity contribution in [2.24, 2.45) is 5.73 Å². The first kappa shape index (κ1) is 14.2. The lowest BCUT2D eigenvalue weighted by Gasteiger charge is -2.30. The minimum Gasteiger partial charge on any atom is -0.495 e. The molecule has 1 heterocycles. The van der Waals surface area contributed by atoms with E-state index in [0.29, 0.717) is 12.6 Å². The van der Waals surface area contributed by atoms with Crippen LogP contribution in [0.5, 0.6) is 5.75 Å². The summed E-state index contributed by atoms with van der Waals surface area (Å²) in [5.74, 6) is 0.950. The Balaban J connectivity index is 2.27. The summed E-state index contributed by atoms with van der Waals surface area (Å²) < 4.78 is 5.50. The molecule has 1 aromatic carbocycles. The number of hydrogen-bond acceptors (Lipinski definition) is 4. The molecule has 1 unspecified atom stereocenters. The molecule has 4 nitrogen and oxygen atoms in total. The van der Waals surface area contributed by atoms with Crippen molar-refractivity contribution in [3.05, 3.63) is 23.8 Å². The third-order valence-corrected chi connectivity index (χ3v) is 3.94. The Hall–Kier alpha value is -1.26. The van der Waals surface area contributed by atoms with Crippen molar-refractivity contribution >= 4 is 5.69 Å². The SMILES string of the molecule is COc1ccc(C)cc1N1CCCN(C)C(CN)C1. The lowest BCUT2D eigenvalue weighted by Crippen LogP contribution is -2.44. The van der Waals surface area contributed by atoms with E-state index < -0.39 is 0 Å². The van der Waals surface area contributed by atoms with Crippen molar-refractivity contribution < 1.29 is 4.74 Å². The Morgan fingerprint density at radius 1 is 1.37 bits per heavy atom. The number of benzene rings is 1. The average molecular weight is 263 g/mol. The normalized spacial score (nSPS) is 21.3. The van der Waals surface area contributed by atoms with Gasteiger partial charge in [0, 0.05) is 25.7 Å².